The molecule has 1 aromatic carbocycles. The molecule has 2 aromatic rings. The van der Waals surface area contributed by atoms with Crippen LogP contribution in [0.1, 0.15) is 86.0 Å². The van der Waals surface area contributed by atoms with Crippen LogP contribution in [0.4, 0.5) is 13.6 Å². The molecule has 2 aliphatic carbocycles. The van der Waals surface area contributed by atoms with Crippen LogP contribution in [0.5, 0.6) is 11.6 Å². The van der Waals surface area contributed by atoms with Crippen LogP contribution < -0.4 is 24.8 Å². The summed E-state index contributed by atoms with van der Waals surface area (Å²) in [6.45, 7) is 7.42. The quantitative estimate of drug-likeness (QED) is 0.276. The van der Waals surface area contributed by atoms with Crippen molar-refractivity contribution < 1.29 is 50.6 Å². The van der Waals surface area contributed by atoms with Gasteiger partial charge in [0, 0.05) is 23.9 Å². The molecule has 17 heteroatoms. The van der Waals surface area contributed by atoms with E-state index in [2.05, 4.69) is 20.3 Å². The Kier molecular flexibility index (Phi) is 11.8. The molecule has 0 bridgehead atoms. The molecule has 14 nitrogen and oxygen atoms in total. The van der Waals surface area contributed by atoms with E-state index in [9.17, 15) is 36.4 Å². The monoisotopic (exact) mass is 817 g/mol. The lowest BCUT2D eigenvalue weighted by Crippen LogP contribution is -2.59. The molecule has 4 aliphatic rings. The van der Waals surface area contributed by atoms with Crippen molar-refractivity contribution in [1.82, 2.24) is 25.2 Å². The van der Waals surface area contributed by atoms with Crippen LogP contribution in [0.15, 0.2) is 42.6 Å². The van der Waals surface area contributed by atoms with Gasteiger partial charge in [0.25, 0.3) is 12.3 Å². The Bertz CT molecular complexity index is 2030. The Hall–Kier alpha value is -4.54. The van der Waals surface area contributed by atoms with E-state index in [1.54, 1.807) is 38.4 Å². The fourth-order valence-electron chi connectivity index (χ4n) is 7.76. The van der Waals surface area contributed by atoms with Gasteiger partial charge in [-0.2, -0.15) is 0 Å². The van der Waals surface area contributed by atoms with Crippen molar-refractivity contribution in [1.29, 1.82) is 0 Å². The third-order valence-corrected chi connectivity index (χ3v) is 14.1. The Morgan fingerprint density at radius 2 is 1.89 bits per heavy atom. The molecule has 3 N–H and O–H groups in total. The van der Waals surface area contributed by atoms with Crippen molar-refractivity contribution in [3.05, 3.63) is 42.6 Å². The molecule has 0 radical (unpaired) electrons. The van der Waals surface area contributed by atoms with Gasteiger partial charge in [-0.15, -0.1) is 0 Å². The first-order chi connectivity index (χ1) is 26.8. The van der Waals surface area contributed by atoms with Crippen LogP contribution in [0, 0.1) is 17.8 Å². The molecule has 0 unspecified atom stereocenters. The van der Waals surface area contributed by atoms with E-state index in [4.69, 9.17) is 14.2 Å². The van der Waals surface area contributed by atoms with E-state index in [-0.39, 0.29) is 31.2 Å². The average molecular weight is 818 g/mol. The molecule has 2 aliphatic heterocycles. The number of carbonyl (C=O) groups is 4. The van der Waals surface area contributed by atoms with Gasteiger partial charge in [0.15, 0.2) is 5.60 Å². The fourth-order valence-corrected chi connectivity index (χ4v) is 9.07. The van der Waals surface area contributed by atoms with Crippen molar-refractivity contribution >= 4 is 44.6 Å². The number of aromatic nitrogens is 1. The maximum atomic E-state index is 14.9. The second kappa shape index (κ2) is 16.0. The number of fused-ring (bicyclic) bond motifs is 3. The van der Waals surface area contributed by atoms with E-state index in [1.807, 2.05) is 32.1 Å². The van der Waals surface area contributed by atoms with E-state index in [0.717, 1.165) is 19.2 Å². The average Bonchev–Trinajstić information content (AvgIpc) is 4.04. The summed E-state index contributed by atoms with van der Waals surface area (Å²) in [5.74, 6) is -2.34. The summed E-state index contributed by atoms with van der Waals surface area (Å²) in [6.07, 6.45) is 3.31. The zero-order valence-corrected chi connectivity index (χ0v) is 34.0. The number of hydrogen-bond donors (Lipinski definition) is 3. The first-order valence-corrected chi connectivity index (χ1v) is 21.0. The highest BCUT2D eigenvalue weighted by molar-refractivity contribution is 7.91. The van der Waals surface area contributed by atoms with Crippen LogP contribution in [0.3, 0.4) is 0 Å². The highest BCUT2D eigenvalue weighted by Gasteiger charge is 2.63. The smallest absolute Gasteiger partial charge is 0.408 e. The highest BCUT2D eigenvalue weighted by Crippen LogP contribution is 2.47. The number of allylic oxidation sites excluding steroid dienone is 1. The summed E-state index contributed by atoms with van der Waals surface area (Å²) in [7, 11) is -2.50. The summed E-state index contributed by atoms with van der Waals surface area (Å²) >= 11 is 0. The van der Waals surface area contributed by atoms with E-state index in [0.29, 0.717) is 49.7 Å². The number of hydrogen-bond acceptors (Lipinski definition) is 10. The Morgan fingerprint density at radius 3 is 2.56 bits per heavy atom. The Balaban J connectivity index is 1.36. The third-order valence-electron chi connectivity index (χ3n) is 12.0. The molecule has 6 rings (SSSR count). The lowest BCUT2D eigenvalue weighted by atomic mass is 9.85. The van der Waals surface area contributed by atoms with Gasteiger partial charge in [-0.3, -0.25) is 19.1 Å². The number of nitrogens with one attached hydrogen (secondary N) is 3. The van der Waals surface area contributed by atoms with Crippen LogP contribution in [-0.4, -0.2) is 96.3 Å². The van der Waals surface area contributed by atoms with Gasteiger partial charge in [0.2, 0.25) is 27.7 Å². The molecule has 7 atom stereocenters. The molecular weight excluding hydrogens is 765 g/mol. The van der Waals surface area contributed by atoms with Crippen LogP contribution in [0.25, 0.3) is 10.8 Å². The molecule has 312 valence electrons. The highest BCUT2D eigenvalue weighted by atomic mass is 32.2. The first-order valence-electron chi connectivity index (χ1n) is 19.6. The number of pyridine rings is 1. The molecule has 0 spiro atoms. The lowest BCUT2D eigenvalue weighted by Gasteiger charge is -2.34. The topological polar surface area (TPSA) is 182 Å². The summed E-state index contributed by atoms with van der Waals surface area (Å²) in [5.41, 5.74) is -3.76. The largest absolute Gasteiger partial charge is 0.497 e. The fraction of sp³-hybridized carbons (Fsp3) is 0.625. The minimum Gasteiger partial charge on any atom is -0.497 e. The zero-order valence-electron chi connectivity index (χ0n) is 33.2. The number of amides is 4. The second-order valence-electron chi connectivity index (χ2n) is 16.8. The minimum atomic E-state index is -4.05. The Labute approximate surface area is 331 Å². The third kappa shape index (κ3) is 8.82. The number of carbonyl (C=O) groups excluding carboxylic acids is 4. The molecule has 1 saturated heterocycles. The number of ether oxygens (including phenoxy) is 3. The van der Waals surface area contributed by atoms with Gasteiger partial charge in [-0.05, 0) is 101 Å². The number of halogens is 2. The molecule has 57 heavy (non-hydrogen) atoms. The normalized spacial score (nSPS) is 29.5. The first kappa shape index (κ1) is 42.1. The van der Waals surface area contributed by atoms with E-state index in [1.165, 1.54) is 4.90 Å². The van der Waals surface area contributed by atoms with Crippen molar-refractivity contribution in [2.75, 3.05) is 13.7 Å². The second-order valence-corrected chi connectivity index (χ2v) is 19.0. The van der Waals surface area contributed by atoms with Gasteiger partial charge in [-0.1, -0.05) is 32.4 Å². The maximum absolute atomic E-state index is 14.9. The zero-order chi connectivity index (χ0) is 41.5. The molecule has 3 heterocycles. The lowest BCUT2D eigenvalue weighted by molar-refractivity contribution is -0.142. The molecule has 2 saturated carbocycles. The number of methoxy groups -OCH3 is 1. The van der Waals surface area contributed by atoms with Gasteiger partial charge < -0.3 is 29.7 Å². The summed E-state index contributed by atoms with van der Waals surface area (Å²) in [4.78, 5) is 62.3. The van der Waals surface area contributed by atoms with Crippen LogP contribution in [0.2, 0.25) is 0 Å². The summed E-state index contributed by atoms with van der Waals surface area (Å²) in [6, 6.07) is 4.59. The standard InChI is InChI=1S/C40H53F2N5O9S/c1-7-24-18-23(2)10-8-9-11-26-21-40(26,36(50)46-57(52,53)39(5)15-16-39)45-32(48)30-20-28(55-33-29-13-12-27(54-6)19-25(29)14-17-43-33)22-47(30)34(49)31(24)44-37(51)56-38(3,4)35(41)42/h9,11-14,17,19,23-24,26,28,30-31,35H,7-8,10,15-16,18,20-22H2,1-6H3,(H,44,51)(H,45,48)(H,46,50)/b11-9-/t23-,24+,26+,28+,30-,31-,40+/m0/s1. The molecule has 4 amide bonds. The number of sulfonamides is 1. The number of alkyl carbamates (subject to hydrolysis) is 1. The molecular formula is C40H53F2N5O9S. The summed E-state index contributed by atoms with van der Waals surface area (Å²) < 4.78 is 71.9. The van der Waals surface area contributed by atoms with Gasteiger partial charge in [0.05, 0.1) is 18.4 Å². The predicted molar refractivity (Wildman–Crippen MR) is 206 cm³/mol. The van der Waals surface area contributed by atoms with E-state index < -0.39 is 86.2 Å². The molecule has 3 fully saturated rings. The van der Waals surface area contributed by atoms with Crippen LogP contribution in [-0.2, 0) is 29.1 Å². The van der Waals surface area contributed by atoms with Crippen LogP contribution >= 0.6 is 0 Å². The SMILES string of the molecule is CC[C@@H]1C[C@@H](C)CC/C=C\[C@@H]2C[C@@]2(C(=O)NS(=O)(=O)C2(C)CC2)NC(=O)[C@@H]2C[C@@H](Oc3nccc4cc(OC)ccc34)CN2C(=O)[C@H]1NC(=O)OC(C)(C)C(F)F. The maximum Gasteiger partial charge on any atom is 0.408 e. The van der Waals surface area contributed by atoms with Crippen molar-refractivity contribution in [2.24, 2.45) is 17.8 Å². The van der Waals surface area contributed by atoms with Crippen molar-refractivity contribution in [3.8, 4) is 11.6 Å². The van der Waals surface area contributed by atoms with Crippen molar-refractivity contribution in [2.45, 2.75) is 126 Å². The number of benzene rings is 1. The Morgan fingerprint density at radius 1 is 1.16 bits per heavy atom. The van der Waals surface area contributed by atoms with Crippen molar-refractivity contribution in [3.63, 3.8) is 0 Å². The van der Waals surface area contributed by atoms with Gasteiger partial charge in [-0.25, -0.2) is 27.0 Å². The van der Waals surface area contributed by atoms with Gasteiger partial charge in [0.1, 0.15) is 29.5 Å². The predicted octanol–water partition coefficient (Wildman–Crippen LogP) is 5.01. The number of nitrogens with zero attached hydrogens (tertiary/aromatic N) is 2. The number of rotatable bonds is 10. The molecule has 1 aromatic heterocycles. The van der Waals surface area contributed by atoms with E-state index >= 15 is 0 Å². The summed E-state index contributed by atoms with van der Waals surface area (Å²) in [5, 5.41) is 6.84. The number of alkyl halides is 2. The minimum absolute atomic E-state index is 0.0355. The van der Waals surface area contributed by atoms with Gasteiger partial charge >= 0.3 is 6.09 Å².